The van der Waals surface area contributed by atoms with Crippen molar-refractivity contribution in [2.24, 2.45) is 0 Å². The highest BCUT2D eigenvalue weighted by atomic mass is 35.5. The van der Waals surface area contributed by atoms with Gasteiger partial charge in [0.25, 0.3) is 0 Å². The molecular formula is C27H34Cl3N3O4S. The van der Waals surface area contributed by atoms with E-state index in [1.54, 1.807) is 42.5 Å². The number of sulfonamides is 1. The molecule has 38 heavy (non-hydrogen) atoms. The van der Waals surface area contributed by atoms with Gasteiger partial charge in [-0.25, -0.2) is 8.42 Å². The quantitative estimate of drug-likeness (QED) is 0.320. The maximum absolute atomic E-state index is 13.6. The number of benzene rings is 2. The van der Waals surface area contributed by atoms with Crippen LogP contribution in [0.3, 0.4) is 0 Å². The van der Waals surface area contributed by atoms with Crippen LogP contribution in [-0.2, 0) is 26.2 Å². The predicted molar refractivity (Wildman–Crippen MR) is 154 cm³/mol. The molecule has 11 heteroatoms. The van der Waals surface area contributed by atoms with Crippen molar-refractivity contribution >= 4 is 62.3 Å². The van der Waals surface area contributed by atoms with Crippen LogP contribution in [0.1, 0.15) is 57.4 Å². The summed E-state index contributed by atoms with van der Waals surface area (Å²) in [6.45, 7) is 2.03. The van der Waals surface area contributed by atoms with E-state index < -0.39 is 16.1 Å². The number of amides is 2. The largest absolute Gasteiger partial charge is 0.352 e. The lowest BCUT2D eigenvalue weighted by Crippen LogP contribution is -2.51. The van der Waals surface area contributed by atoms with Crippen LogP contribution in [0.25, 0.3) is 0 Å². The molecule has 0 spiro atoms. The molecule has 0 bridgehead atoms. The minimum atomic E-state index is -3.59. The standard InChI is InChI=1S/C27H34Cl3N3O4S/c1-3-25(27(35)31-20-8-4-5-9-20)32(18-22-23(29)10-6-11-24(22)30)26(34)12-7-17-33(38(2,36)37)21-15-13-19(28)14-16-21/h6,10-11,13-16,20,25H,3-5,7-9,12,17-18H2,1-2H3,(H,31,35). The Kier molecular flexibility index (Phi) is 11.2. The van der Waals surface area contributed by atoms with Gasteiger partial charge >= 0.3 is 0 Å². The Morgan fingerprint density at radius 1 is 1.03 bits per heavy atom. The molecule has 0 aromatic heterocycles. The first kappa shape index (κ1) is 30.5. The van der Waals surface area contributed by atoms with E-state index in [0.717, 1.165) is 31.9 Å². The Labute approximate surface area is 240 Å². The van der Waals surface area contributed by atoms with E-state index in [1.807, 2.05) is 6.92 Å². The van der Waals surface area contributed by atoms with Gasteiger partial charge in [-0.05, 0) is 62.1 Å². The van der Waals surface area contributed by atoms with Crippen molar-refractivity contribution in [1.82, 2.24) is 10.2 Å². The minimum absolute atomic E-state index is 0.0366. The third-order valence-corrected chi connectivity index (χ3v) is 8.90. The predicted octanol–water partition coefficient (Wildman–Crippen LogP) is 6.06. The zero-order valence-corrected chi connectivity index (χ0v) is 24.7. The molecule has 1 unspecified atom stereocenters. The van der Waals surface area contributed by atoms with Gasteiger partial charge in [0.1, 0.15) is 6.04 Å². The first-order valence-corrected chi connectivity index (χ1v) is 15.8. The van der Waals surface area contributed by atoms with E-state index in [2.05, 4.69) is 5.32 Å². The lowest BCUT2D eigenvalue weighted by Gasteiger charge is -2.32. The molecule has 0 radical (unpaired) electrons. The Hall–Kier alpha value is -2.00. The zero-order valence-electron chi connectivity index (χ0n) is 21.6. The molecule has 0 heterocycles. The Morgan fingerprint density at radius 2 is 1.63 bits per heavy atom. The summed E-state index contributed by atoms with van der Waals surface area (Å²) in [5, 5.41) is 4.42. The summed E-state index contributed by atoms with van der Waals surface area (Å²) in [5.41, 5.74) is 1.03. The number of anilines is 1. The monoisotopic (exact) mass is 601 g/mol. The summed E-state index contributed by atoms with van der Waals surface area (Å²) in [4.78, 5) is 28.4. The van der Waals surface area contributed by atoms with Crippen molar-refractivity contribution in [2.45, 2.75) is 70.5 Å². The maximum Gasteiger partial charge on any atom is 0.243 e. The van der Waals surface area contributed by atoms with Crippen LogP contribution in [-0.4, -0.2) is 50.0 Å². The van der Waals surface area contributed by atoms with Gasteiger partial charge in [0.15, 0.2) is 0 Å². The van der Waals surface area contributed by atoms with Gasteiger partial charge in [0.2, 0.25) is 21.8 Å². The highest BCUT2D eigenvalue weighted by Crippen LogP contribution is 2.28. The van der Waals surface area contributed by atoms with Crippen LogP contribution in [0.2, 0.25) is 15.1 Å². The molecule has 0 saturated heterocycles. The summed E-state index contributed by atoms with van der Waals surface area (Å²) in [7, 11) is -3.59. The molecule has 1 fully saturated rings. The number of halogens is 3. The summed E-state index contributed by atoms with van der Waals surface area (Å²) >= 11 is 18.8. The van der Waals surface area contributed by atoms with Gasteiger partial charge in [0, 0.05) is 46.2 Å². The third-order valence-electron chi connectivity index (χ3n) is 6.74. The molecule has 0 aliphatic heterocycles. The maximum atomic E-state index is 13.6. The molecule has 2 amide bonds. The van der Waals surface area contributed by atoms with Crippen molar-refractivity contribution in [3.05, 3.63) is 63.1 Å². The van der Waals surface area contributed by atoms with Crippen LogP contribution in [0.15, 0.2) is 42.5 Å². The lowest BCUT2D eigenvalue weighted by atomic mass is 10.1. The number of carbonyl (C=O) groups excluding carboxylic acids is 2. The van der Waals surface area contributed by atoms with E-state index in [9.17, 15) is 18.0 Å². The summed E-state index contributed by atoms with van der Waals surface area (Å²) in [5.74, 6) is -0.478. The number of carbonyl (C=O) groups is 2. The van der Waals surface area contributed by atoms with E-state index in [4.69, 9.17) is 34.8 Å². The average Bonchev–Trinajstić information content (AvgIpc) is 3.36. The van der Waals surface area contributed by atoms with Gasteiger partial charge in [-0.1, -0.05) is 60.6 Å². The fourth-order valence-corrected chi connectivity index (χ4v) is 6.36. The molecular weight excluding hydrogens is 569 g/mol. The first-order chi connectivity index (χ1) is 18.0. The van der Waals surface area contributed by atoms with Crippen LogP contribution in [0, 0.1) is 0 Å². The number of nitrogens with one attached hydrogen (secondary N) is 1. The molecule has 1 aliphatic carbocycles. The van der Waals surface area contributed by atoms with Crippen molar-refractivity contribution in [1.29, 1.82) is 0 Å². The molecule has 1 saturated carbocycles. The Balaban J connectivity index is 1.79. The first-order valence-electron chi connectivity index (χ1n) is 12.8. The SMILES string of the molecule is CCC(C(=O)NC1CCCC1)N(Cc1c(Cl)cccc1Cl)C(=O)CCCN(c1ccc(Cl)cc1)S(C)(=O)=O. The fraction of sp³-hybridized carbons (Fsp3) is 0.481. The van der Waals surface area contributed by atoms with Crippen molar-refractivity contribution in [3.8, 4) is 0 Å². The molecule has 1 N–H and O–H groups in total. The van der Waals surface area contributed by atoms with Crippen LogP contribution < -0.4 is 9.62 Å². The Bertz CT molecular complexity index is 1200. The molecule has 2 aromatic rings. The van der Waals surface area contributed by atoms with Crippen molar-refractivity contribution in [2.75, 3.05) is 17.1 Å². The highest BCUT2D eigenvalue weighted by molar-refractivity contribution is 7.92. The third kappa shape index (κ3) is 8.25. The summed E-state index contributed by atoms with van der Waals surface area (Å²) in [6.07, 6.45) is 5.82. The van der Waals surface area contributed by atoms with Gasteiger partial charge in [-0.2, -0.15) is 0 Å². The van der Waals surface area contributed by atoms with E-state index in [0.29, 0.717) is 32.7 Å². The second kappa shape index (κ2) is 13.9. The normalized spacial score (nSPS) is 14.8. The fourth-order valence-electron chi connectivity index (χ4n) is 4.75. The second-order valence-electron chi connectivity index (χ2n) is 9.55. The molecule has 208 valence electrons. The number of rotatable bonds is 12. The smallest absolute Gasteiger partial charge is 0.243 e. The van der Waals surface area contributed by atoms with Crippen LogP contribution >= 0.6 is 34.8 Å². The number of nitrogens with zero attached hydrogens (tertiary/aromatic N) is 2. The molecule has 1 atom stereocenters. The van der Waals surface area contributed by atoms with Crippen molar-refractivity contribution in [3.63, 3.8) is 0 Å². The molecule has 2 aromatic carbocycles. The highest BCUT2D eigenvalue weighted by Gasteiger charge is 2.31. The summed E-state index contributed by atoms with van der Waals surface area (Å²) in [6, 6.07) is 11.0. The van der Waals surface area contributed by atoms with Gasteiger partial charge in [-0.3, -0.25) is 13.9 Å². The van der Waals surface area contributed by atoms with E-state index in [-0.39, 0.29) is 43.8 Å². The zero-order chi connectivity index (χ0) is 27.9. The molecule has 7 nitrogen and oxygen atoms in total. The van der Waals surface area contributed by atoms with E-state index >= 15 is 0 Å². The lowest BCUT2D eigenvalue weighted by molar-refractivity contribution is -0.141. The molecule has 1 aliphatic rings. The number of hydrogen-bond donors (Lipinski definition) is 1. The van der Waals surface area contributed by atoms with Gasteiger partial charge in [0.05, 0.1) is 11.9 Å². The molecule has 3 rings (SSSR count). The van der Waals surface area contributed by atoms with Gasteiger partial charge in [-0.15, -0.1) is 0 Å². The summed E-state index contributed by atoms with van der Waals surface area (Å²) < 4.78 is 26.2. The van der Waals surface area contributed by atoms with Crippen LogP contribution in [0.4, 0.5) is 5.69 Å². The Morgan fingerprint density at radius 3 is 2.18 bits per heavy atom. The van der Waals surface area contributed by atoms with E-state index in [1.165, 1.54) is 9.21 Å². The minimum Gasteiger partial charge on any atom is -0.352 e. The topological polar surface area (TPSA) is 86.8 Å². The van der Waals surface area contributed by atoms with Crippen molar-refractivity contribution < 1.29 is 18.0 Å². The van der Waals surface area contributed by atoms with Gasteiger partial charge < -0.3 is 10.2 Å². The average molecular weight is 603 g/mol. The number of hydrogen-bond acceptors (Lipinski definition) is 4. The second-order valence-corrected chi connectivity index (χ2v) is 12.7. The van der Waals surface area contributed by atoms with Crippen LogP contribution in [0.5, 0.6) is 0 Å².